The molecule has 2 N–H and O–H groups in total. The van der Waals surface area contributed by atoms with Crippen molar-refractivity contribution in [1.82, 2.24) is 9.97 Å². The van der Waals surface area contributed by atoms with Gasteiger partial charge in [-0.1, -0.05) is 12.1 Å². The quantitative estimate of drug-likeness (QED) is 0.810. The van der Waals surface area contributed by atoms with Gasteiger partial charge in [0.2, 0.25) is 11.8 Å². The minimum atomic E-state index is -0.275. The Morgan fingerprint density at radius 2 is 2.16 bits per heavy atom. The molecule has 0 aliphatic carbocycles. The SMILES string of the molecule is CC(=O)Nc1ccccc1Oc1nc[nH]c(=O)c1I. The van der Waals surface area contributed by atoms with Crippen LogP contribution in [0.2, 0.25) is 0 Å². The normalized spacial score (nSPS) is 10.0. The number of ether oxygens (including phenoxy) is 1. The summed E-state index contributed by atoms with van der Waals surface area (Å²) in [7, 11) is 0. The number of benzene rings is 1. The fourth-order valence-corrected chi connectivity index (χ4v) is 1.80. The smallest absolute Gasteiger partial charge is 0.268 e. The highest BCUT2D eigenvalue weighted by molar-refractivity contribution is 14.1. The molecule has 6 nitrogen and oxygen atoms in total. The Kier molecular flexibility index (Phi) is 4.15. The molecular weight excluding hydrogens is 361 g/mol. The second kappa shape index (κ2) is 5.83. The van der Waals surface area contributed by atoms with E-state index in [4.69, 9.17) is 4.74 Å². The molecule has 0 saturated carbocycles. The van der Waals surface area contributed by atoms with E-state index in [1.54, 1.807) is 24.3 Å². The second-order valence-electron chi connectivity index (χ2n) is 3.63. The maximum atomic E-state index is 11.4. The number of anilines is 1. The Morgan fingerprint density at radius 1 is 1.42 bits per heavy atom. The number of carbonyl (C=O) groups excluding carboxylic acids is 1. The molecule has 2 rings (SSSR count). The van der Waals surface area contributed by atoms with Crippen molar-refractivity contribution >= 4 is 34.2 Å². The molecule has 0 saturated heterocycles. The first-order valence-electron chi connectivity index (χ1n) is 5.35. The number of H-pyrrole nitrogens is 1. The highest BCUT2D eigenvalue weighted by Crippen LogP contribution is 2.29. The number of carbonyl (C=O) groups is 1. The average molecular weight is 371 g/mol. The molecule has 7 heteroatoms. The number of para-hydroxylation sites is 2. The first-order valence-corrected chi connectivity index (χ1v) is 6.43. The van der Waals surface area contributed by atoms with Crippen LogP contribution in [-0.2, 0) is 4.79 Å². The lowest BCUT2D eigenvalue weighted by molar-refractivity contribution is -0.114. The number of halogens is 1. The van der Waals surface area contributed by atoms with E-state index in [0.717, 1.165) is 0 Å². The predicted molar refractivity (Wildman–Crippen MR) is 78.4 cm³/mol. The van der Waals surface area contributed by atoms with Crippen molar-refractivity contribution in [3.63, 3.8) is 0 Å². The Balaban J connectivity index is 2.35. The van der Waals surface area contributed by atoms with Crippen molar-refractivity contribution in [3.8, 4) is 11.6 Å². The highest BCUT2D eigenvalue weighted by Gasteiger charge is 2.11. The molecule has 0 unspecified atom stereocenters. The van der Waals surface area contributed by atoms with E-state index in [9.17, 15) is 9.59 Å². The third kappa shape index (κ3) is 3.31. The van der Waals surface area contributed by atoms with Crippen molar-refractivity contribution in [2.75, 3.05) is 5.32 Å². The fraction of sp³-hybridized carbons (Fsp3) is 0.0833. The largest absolute Gasteiger partial charge is 0.435 e. The summed E-state index contributed by atoms with van der Waals surface area (Å²) >= 11 is 1.85. The average Bonchev–Trinajstić information content (AvgIpc) is 2.36. The number of hydrogen-bond acceptors (Lipinski definition) is 4. The standard InChI is InChI=1S/C12H10IN3O3/c1-7(17)16-8-4-2-3-5-9(8)19-12-10(13)11(18)14-6-15-12/h2-6H,1H3,(H,16,17)(H,14,15,18). The van der Waals surface area contributed by atoms with Crippen LogP contribution in [0.25, 0.3) is 0 Å². The molecule has 1 aromatic carbocycles. The maximum absolute atomic E-state index is 11.4. The molecule has 0 aliphatic rings. The van der Waals surface area contributed by atoms with Crippen LogP contribution in [0.1, 0.15) is 6.92 Å². The van der Waals surface area contributed by atoms with Crippen LogP contribution < -0.4 is 15.6 Å². The lowest BCUT2D eigenvalue weighted by Crippen LogP contribution is -2.12. The zero-order chi connectivity index (χ0) is 13.8. The third-order valence-corrected chi connectivity index (χ3v) is 3.12. The Hall–Kier alpha value is -1.90. The van der Waals surface area contributed by atoms with Crippen molar-refractivity contribution in [2.45, 2.75) is 6.92 Å². The molecule has 98 valence electrons. The molecule has 0 bridgehead atoms. The Morgan fingerprint density at radius 3 is 2.89 bits per heavy atom. The Bertz CT molecular complexity index is 669. The molecular formula is C12H10IN3O3. The molecule has 0 spiro atoms. The van der Waals surface area contributed by atoms with Gasteiger partial charge in [-0.15, -0.1) is 0 Å². The summed E-state index contributed by atoms with van der Waals surface area (Å²) in [5.41, 5.74) is 0.246. The number of aromatic nitrogens is 2. The van der Waals surface area contributed by atoms with Crippen LogP contribution in [0.5, 0.6) is 11.6 Å². The van der Waals surface area contributed by atoms with E-state index in [2.05, 4.69) is 15.3 Å². The van der Waals surface area contributed by atoms with E-state index >= 15 is 0 Å². The number of hydrogen-bond donors (Lipinski definition) is 2. The van der Waals surface area contributed by atoms with Gasteiger partial charge in [0.1, 0.15) is 3.57 Å². The van der Waals surface area contributed by atoms with Gasteiger partial charge in [0.25, 0.3) is 5.56 Å². The molecule has 0 radical (unpaired) electrons. The van der Waals surface area contributed by atoms with E-state index < -0.39 is 0 Å². The topological polar surface area (TPSA) is 84.1 Å². The second-order valence-corrected chi connectivity index (χ2v) is 4.71. The van der Waals surface area contributed by atoms with Crippen LogP contribution in [0.4, 0.5) is 5.69 Å². The lowest BCUT2D eigenvalue weighted by Gasteiger charge is -2.10. The van der Waals surface area contributed by atoms with Crippen molar-refractivity contribution in [2.24, 2.45) is 0 Å². The minimum Gasteiger partial charge on any atom is -0.435 e. The number of nitrogens with zero attached hydrogens (tertiary/aromatic N) is 1. The summed E-state index contributed by atoms with van der Waals surface area (Å²) in [5, 5.41) is 2.65. The zero-order valence-corrected chi connectivity index (χ0v) is 12.1. The van der Waals surface area contributed by atoms with Gasteiger partial charge < -0.3 is 15.0 Å². The maximum Gasteiger partial charge on any atom is 0.268 e. The first-order chi connectivity index (χ1) is 9.08. The number of rotatable bonds is 3. The van der Waals surface area contributed by atoms with Crippen molar-refractivity contribution in [1.29, 1.82) is 0 Å². The van der Waals surface area contributed by atoms with Crippen LogP contribution in [0.15, 0.2) is 35.4 Å². The van der Waals surface area contributed by atoms with Crippen molar-refractivity contribution < 1.29 is 9.53 Å². The van der Waals surface area contributed by atoms with Crippen molar-refractivity contribution in [3.05, 3.63) is 44.5 Å². The summed E-state index contributed by atoms with van der Waals surface area (Å²) in [6.45, 7) is 1.41. The van der Waals surface area contributed by atoms with Gasteiger partial charge >= 0.3 is 0 Å². The molecule has 1 aromatic heterocycles. The summed E-state index contributed by atoms with van der Waals surface area (Å²) in [4.78, 5) is 28.9. The van der Waals surface area contributed by atoms with Crippen LogP contribution >= 0.6 is 22.6 Å². The van der Waals surface area contributed by atoms with Gasteiger partial charge in [0.15, 0.2) is 5.75 Å². The van der Waals surface area contributed by atoms with Gasteiger partial charge in [0.05, 0.1) is 12.0 Å². The molecule has 19 heavy (non-hydrogen) atoms. The highest BCUT2D eigenvalue weighted by atomic mass is 127. The van der Waals surface area contributed by atoms with Gasteiger partial charge in [-0.25, -0.2) is 4.98 Å². The molecule has 2 aromatic rings. The summed E-state index contributed by atoms with van der Waals surface area (Å²) in [6.07, 6.45) is 1.26. The summed E-state index contributed by atoms with van der Waals surface area (Å²) < 4.78 is 5.91. The molecule has 0 fully saturated rings. The first kappa shape index (κ1) is 13.5. The molecule has 0 aliphatic heterocycles. The number of nitrogens with one attached hydrogen (secondary N) is 2. The molecule has 1 heterocycles. The van der Waals surface area contributed by atoms with Gasteiger partial charge in [-0.3, -0.25) is 9.59 Å². The molecule has 0 atom stereocenters. The van der Waals surface area contributed by atoms with Crippen LogP contribution in [-0.4, -0.2) is 15.9 Å². The van der Waals surface area contributed by atoms with E-state index in [1.165, 1.54) is 13.3 Å². The van der Waals surface area contributed by atoms with Gasteiger partial charge in [-0.2, -0.15) is 0 Å². The lowest BCUT2D eigenvalue weighted by atomic mass is 10.3. The minimum absolute atomic E-state index is 0.196. The van der Waals surface area contributed by atoms with E-state index in [0.29, 0.717) is 15.0 Å². The third-order valence-electron chi connectivity index (χ3n) is 2.17. The molecule has 1 amide bonds. The number of aromatic amines is 1. The Labute approximate surface area is 122 Å². The fourth-order valence-electron chi connectivity index (χ4n) is 1.39. The van der Waals surface area contributed by atoms with Crippen LogP contribution in [0, 0.1) is 3.57 Å². The zero-order valence-electron chi connectivity index (χ0n) is 9.94. The predicted octanol–water partition coefficient (Wildman–Crippen LogP) is 2.13. The summed E-state index contributed by atoms with van der Waals surface area (Å²) in [6, 6.07) is 6.93. The van der Waals surface area contributed by atoms with Crippen LogP contribution in [0.3, 0.4) is 0 Å². The van der Waals surface area contributed by atoms with E-state index in [1.807, 2.05) is 22.6 Å². The van der Waals surface area contributed by atoms with Gasteiger partial charge in [0, 0.05) is 6.92 Å². The number of amides is 1. The van der Waals surface area contributed by atoms with E-state index in [-0.39, 0.29) is 17.3 Å². The van der Waals surface area contributed by atoms with Gasteiger partial charge in [-0.05, 0) is 34.7 Å². The summed E-state index contributed by atoms with van der Waals surface area (Å²) in [5.74, 6) is 0.417. The monoisotopic (exact) mass is 371 g/mol.